The van der Waals surface area contributed by atoms with Gasteiger partial charge >= 0.3 is 0 Å². The first-order chi connectivity index (χ1) is 17.6. The summed E-state index contributed by atoms with van der Waals surface area (Å²) in [5.74, 6) is 2.73. The van der Waals surface area contributed by atoms with Crippen LogP contribution in [0.5, 0.6) is 23.1 Å². The van der Waals surface area contributed by atoms with Crippen LogP contribution in [0, 0.1) is 6.92 Å². The molecule has 1 N–H and O–H groups in total. The summed E-state index contributed by atoms with van der Waals surface area (Å²) in [4.78, 5) is 15.8. The lowest BCUT2D eigenvalue weighted by Crippen LogP contribution is -2.37. The minimum atomic E-state index is 0.359. The highest BCUT2D eigenvalue weighted by atomic mass is 79.9. The zero-order valence-electron chi connectivity index (χ0n) is 20.3. The third-order valence-corrected chi connectivity index (χ3v) is 6.91. The van der Waals surface area contributed by atoms with E-state index in [1.165, 1.54) is 6.33 Å². The number of anilines is 2. The number of hydrogen-bond donors (Lipinski definition) is 1. The van der Waals surface area contributed by atoms with Crippen molar-refractivity contribution in [3.8, 4) is 23.1 Å². The third-order valence-electron chi connectivity index (χ3n) is 6.02. The summed E-state index contributed by atoms with van der Waals surface area (Å²) in [5, 5.41) is 3.32. The number of halogens is 1. The zero-order chi connectivity index (χ0) is 24.9. The van der Waals surface area contributed by atoms with E-state index in [0.717, 1.165) is 60.6 Å². The van der Waals surface area contributed by atoms with Gasteiger partial charge in [0.05, 0.1) is 26.9 Å². The monoisotopic (exact) mass is 553 g/mol. The Morgan fingerprint density at radius 3 is 2.78 bits per heavy atom. The van der Waals surface area contributed by atoms with E-state index in [1.54, 1.807) is 19.4 Å². The topological polar surface area (TPSA) is 90.3 Å². The van der Waals surface area contributed by atoms with Gasteiger partial charge in [-0.25, -0.2) is 9.98 Å². The van der Waals surface area contributed by atoms with Crippen LogP contribution in [-0.4, -0.2) is 67.6 Å². The van der Waals surface area contributed by atoms with E-state index >= 15 is 0 Å². The predicted molar refractivity (Wildman–Crippen MR) is 142 cm³/mol. The van der Waals surface area contributed by atoms with Gasteiger partial charge in [-0.15, -0.1) is 0 Å². The Labute approximate surface area is 218 Å². The number of morpholine rings is 1. The van der Waals surface area contributed by atoms with Crippen molar-refractivity contribution in [3.63, 3.8) is 0 Å². The molecule has 10 heteroatoms. The summed E-state index contributed by atoms with van der Waals surface area (Å²) in [6, 6.07) is 9.68. The number of benzene rings is 2. The van der Waals surface area contributed by atoms with Crippen LogP contribution in [0.3, 0.4) is 0 Å². The van der Waals surface area contributed by atoms with Gasteiger partial charge in [0.15, 0.2) is 23.0 Å². The Kier molecular flexibility index (Phi) is 7.64. The highest BCUT2D eigenvalue weighted by Crippen LogP contribution is 2.42. The predicted octanol–water partition coefficient (Wildman–Crippen LogP) is 5.26. The van der Waals surface area contributed by atoms with Gasteiger partial charge in [0.2, 0.25) is 0 Å². The molecule has 1 aromatic heterocycles. The molecule has 0 radical (unpaired) electrons. The number of ether oxygens (including phenoxy) is 4. The van der Waals surface area contributed by atoms with Gasteiger partial charge in [-0.1, -0.05) is 15.9 Å². The smallest absolute Gasteiger partial charge is 0.250 e. The van der Waals surface area contributed by atoms with Crippen LogP contribution in [0.4, 0.5) is 17.2 Å². The molecule has 2 aliphatic heterocycles. The molecule has 3 aromatic rings. The van der Waals surface area contributed by atoms with Crippen LogP contribution < -0.4 is 19.5 Å². The molecule has 0 unspecified atom stereocenters. The maximum atomic E-state index is 6.15. The SMILES string of the molecule is COc1cc2c(cc1OCCCN1CCOCC1)C=Nc1c(Nc3ccc(Br)c(C)c3)ncnc1O2. The van der Waals surface area contributed by atoms with Gasteiger partial charge in [-0.3, -0.25) is 4.90 Å². The molecule has 0 amide bonds. The van der Waals surface area contributed by atoms with Crippen LogP contribution in [0.15, 0.2) is 46.1 Å². The molecule has 0 atom stereocenters. The van der Waals surface area contributed by atoms with Crippen molar-refractivity contribution in [2.75, 3.05) is 51.9 Å². The second-order valence-corrected chi connectivity index (χ2v) is 9.38. The Bertz CT molecular complexity index is 1260. The maximum absolute atomic E-state index is 6.15. The van der Waals surface area contributed by atoms with E-state index in [-0.39, 0.29) is 0 Å². The van der Waals surface area contributed by atoms with Crippen molar-refractivity contribution < 1.29 is 18.9 Å². The molecular formula is C26H28BrN5O4. The fourth-order valence-electron chi connectivity index (χ4n) is 4.06. The summed E-state index contributed by atoms with van der Waals surface area (Å²) in [7, 11) is 1.62. The first kappa shape index (κ1) is 24.5. The third kappa shape index (κ3) is 5.61. The largest absolute Gasteiger partial charge is 0.493 e. The minimum Gasteiger partial charge on any atom is -0.493 e. The minimum absolute atomic E-state index is 0.359. The lowest BCUT2D eigenvalue weighted by atomic mass is 10.2. The Balaban J connectivity index is 1.33. The molecule has 188 valence electrons. The van der Waals surface area contributed by atoms with Crippen LogP contribution >= 0.6 is 15.9 Å². The number of nitrogens with one attached hydrogen (secondary N) is 1. The average Bonchev–Trinajstić information content (AvgIpc) is 3.08. The van der Waals surface area contributed by atoms with E-state index in [1.807, 2.05) is 31.2 Å². The molecule has 1 fully saturated rings. The van der Waals surface area contributed by atoms with Gasteiger partial charge in [0.1, 0.15) is 12.1 Å². The first-order valence-electron chi connectivity index (χ1n) is 11.9. The number of fused-ring (bicyclic) bond motifs is 2. The number of aryl methyl sites for hydroxylation is 1. The van der Waals surface area contributed by atoms with Gasteiger partial charge in [0, 0.05) is 47.6 Å². The van der Waals surface area contributed by atoms with E-state index in [0.29, 0.717) is 41.2 Å². The lowest BCUT2D eigenvalue weighted by Gasteiger charge is -2.26. The first-order valence-corrected chi connectivity index (χ1v) is 12.6. The number of aliphatic imine (C=N–C) groups is 1. The van der Waals surface area contributed by atoms with E-state index in [2.05, 4.69) is 41.1 Å². The highest BCUT2D eigenvalue weighted by molar-refractivity contribution is 9.10. The zero-order valence-corrected chi connectivity index (χ0v) is 21.9. The van der Waals surface area contributed by atoms with Gasteiger partial charge < -0.3 is 24.3 Å². The van der Waals surface area contributed by atoms with Crippen molar-refractivity contribution in [3.05, 3.63) is 52.3 Å². The second kappa shape index (κ2) is 11.2. The number of rotatable bonds is 8. The molecular weight excluding hydrogens is 526 g/mol. The van der Waals surface area contributed by atoms with Crippen LogP contribution in [-0.2, 0) is 4.74 Å². The fourth-order valence-corrected chi connectivity index (χ4v) is 4.30. The molecule has 2 aromatic carbocycles. The molecule has 0 bridgehead atoms. The van der Waals surface area contributed by atoms with Crippen molar-refractivity contribution in [1.82, 2.24) is 14.9 Å². The summed E-state index contributed by atoms with van der Waals surface area (Å²) in [5.41, 5.74) is 3.28. The average molecular weight is 554 g/mol. The van der Waals surface area contributed by atoms with Crippen molar-refractivity contribution >= 4 is 39.3 Å². The van der Waals surface area contributed by atoms with Crippen LogP contribution in [0.25, 0.3) is 0 Å². The summed E-state index contributed by atoms with van der Waals surface area (Å²) in [6.07, 6.45) is 4.11. The molecule has 9 nitrogen and oxygen atoms in total. The molecule has 0 aliphatic carbocycles. The Morgan fingerprint density at radius 1 is 1.11 bits per heavy atom. The molecule has 1 saturated heterocycles. The Morgan fingerprint density at radius 2 is 1.97 bits per heavy atom. The van der Waals surface area contributed by atoms with Crippen molar-refractivity contribution in [1.29, 1.82) is 0 Å². The molecule has 3 heterocycles. The van der Waals surface area contributed by atoms with Crippen LogP contribution in [0.2, 0.25) is 0 Å². The Hall–Kier alpha value is -3.21. The summed E-state index contributed by atoms with van der Waals surface area (Å²) in [6.45, 7) is 7.12. The summed E-state index contributed by atoms with van der Waals surface area (Å²) >= 11 is 3.53. The lowest BCUT2D eigenvalue weighted by molar-refractivity contribution is 0.0357. The van der Waals surface area contributed by atoms with Crippen molar-refractivity contribution in [2.45, 2.75) is 13.3 Å². The normalized spacial score (nSPS) is 14.9. The molecule has 5 rings (SSSR count). The number of nitrogens with zero attached hydrogens (tertiary/aromatic N) is 4. The van der Waals surface area contributed by atoms with Gasteiger partial charge in [0.25, 0.3) is 5.88 Å². The number of aromatic nitrogens is 2. The second-order valence-electron chi connectivity index (χ2n) is 8.52. The maximum Gasteiger partial charge on any atom is 0.250 e. The standard InChI is InChI=1S/C26H28BrN5O4/c1-17-12-19(4-5-20(17)27)31-25-24-26(30-16-29-25)36-21-14-22(33-2)23(13-18(21)15-28-24)35-9-3-6-32-7-10-34-11-8-32/h4-5,12-16H,3,6-11H2,1-2H3,(H,29,30,31). The quantitative estimate of drug-likeness (QED) is 0.295. The van der Waals surface area contributed by atoms with Gasteiger partial charge in [-0.05, 0) is 43.2 Å². The molecule has 36 heavy (non-hydrogen) atoms. The van der Waals surface area contributed by atoms with Crippen LogP contribution in [0.1, 0.15) is 17.5 Å². The van der Waals surface area contributed by atoms with Crippen molar-refractivity contribution in [2.24, 2.45) is 4.99 Å². The van der Waals surface area contributed by atoms with E-state index in [4.69, 9.17) is 18.9 Å². The molecule has 0 spiro atoms. The van der Waals surface area contributed by atoms with E-state index < -0.39 is 0 Å². The number of hydrogen-bond acceptors (Lipinski definition) is 9. The van der Waals surface area contributed by atoms with E-state index in [9.17, 15) is 0 Å². The highest BCUT2D eigenvalue weighted by Gasteiger charge is 2.21. The number of methoxy groups -OCH3 is 1. The molecule has 0 saturated carbocycles. The fraction of sp³-hybridized carbons (Fsp3) is 0.346. The summed E-state index contributed by atoms with van der Waals surface area (Å²) < 4.78 is 24.3. The molecule has 2 aliphatic rings. The van der Waals surface area contributed by atoms with Gasteiger partial charge in [-0.2, -0.15) is 4.98 Å².